The Kier molecular flexibility index (Phi) is 2.50. The standard InChI is InChI=1S/C15H22O4/c1-13(2)5-4-6-14(3)11(13)10(16)7-9-8-19-12(17)15(9,14)18/h7,10-11,16,18H,4-6,8H2,1-3H3/t10-,11+,14+,15+/m1/s1. The lowest BCUT2D eigenvalue weighted by molar-refractivity contribution is -0.189. The Labute approximate surface area is 113 Å². The summed E-state index contributed by atoms with van der Waals surface area (Å²) >= 11 is 0. The Hall–Kier alpha value is -0.870. The Balaban J connectivity index is 2.20. The van der Waals surface area contributed by atoms with Crippen LogP contribution in [0.3, 0.4) is 0 Å². The minimum Gasteiger partial charge on any atom is -0.459 e. The number of aliphatic hydroxyl groups is 2. The first kappa shape index (κ1) is 13.1. The van der Waals surface area contributed by atoms with Gasteiger partial charge in [-0.3, -0.25) is 0 Å². The fourth-order valence-corrected chi connectivity index (χ4v) is 4.88. The summed E-state index contributed by atoms with van der Waals surface area (Å²) in [7, 11) is 0. The van der Waals surface area contributed by atoms with E-state index in [1.165, 1.54) is 0 Å². The number of esters is 1. The lowest BCUT2D eigenvalue weighted by Crippen LogP contribution is -2.64. The van der Waals surface area contributed by atoms with Crippen molar-refractivity contribution in [3.05, 3.63) is 11.6 Å². The fraction of sp³-hybridized carbons (Fsp3) is 0.800. The molecule has 2 aliphatic carbocycles. The number of hydrogen-bond donors (Lipinski definition) is 2. The third-order valence-corrected chi connectivity index (χ3v) is 5.70. The van der Waals surface area contributed by atoms with Gasteiger partial charge in [0, 0.05) is 16.9 Å². The highest BCUT2D eigenvalue weighted by atomic mass is 16.6. The van der Waals surface area contributed by atoms with Crippen LogP contribution in [0.2, 0.25) is 0 Å². The van der Waals surface area contributed by atoms with Crippen molar-refractivity contribution in [3.8, 4) is 0 Å². The zero-order valence-electron chi connectivity index (χ0n) is 11.8. The van der Waals surface area contributed by atoms with Gasteiger partial charge in [0.25, 0.3) is 0 Å². The van der Waals surface area contributed by atoms with Gasteiger partial charge in [-0.05, 0) is 24.3 Å². The molecule has 2 N–H and O–H groups in total. The van der Waals surface area contributed by atoms with Crippen molar-refractivity contribution in [2.45, 2.75) is 51.7 Å². The molecule has 4 atom stereocenters. The number of carbonyl (C=O) groups excluding carboxylic acids is 1. The van der Waals surface area contributed by atoms with E-state index in [4.69, 9.17) is 4.74 Å². The highest BCUT2D eigenvalue weighted by Crippen LogP contribution is 2.62. The van der Waals surface area contributed by atoms with Crippen LogP contribution in [-0.4, -0.2) is 34.5 Å². The summed E-state index contributed by atoms with van der Waals surface area (Å²) in [5.41, 5.74) is -1.76. The second-order valence-corrected chi connectivity index (χ2v) is 7.21. The van der Waals surface area contributed by atoms with E-state index in [1.54, 1.807) is 6.08 Å². The summed E-state index contributed by atoms with van der Waals surface area (Å²) in [5, 5.41) is 21.5. The van der Waals surface area contributed by atoms with Crippen molar-refractivity contribution in [2.75, 3.05) is 6.61 Å². The van der Waals surface area contributed by atoms with Crippen molar-refractivity contribution < 1.29 is 19.7 Å². The van der Waals surface area contributed by atoms with Gasteiger partial charge in [0.1, 0.15) is 6.61 Å². The zero-order chi connectivity index (χ0) is 14.1. The molecule has 3 rings (SSSR count). The van der Waals surface area contributed by atoms with E-state index < -0.39 is 23.1 Å². The third kappa shape index (κ3) is 1.39. The molecule has 106 valence electrons. The average Bonchev–Trinajstić information content (AvgIpc) is 2.57. The predicted molar refractivity (Wildman–Crippen MR) is 69.2 cm³/mol. The van der Waals surface area contributed by atoms with Gasteiger partial charge in [0.05, 0.1) is 6.10 Å². The van der Waals surface area contributed by atoms with Gasteiger partial charge in [0.2, 0.25) is 0 Å². The first-order valence-electron chi connectivity index (χ1n) is 7.02. The molecule has 2 fully saturated rings. The van der Waals surface area contributed by atoms with Gasteiger partial charge < -0.3 is 14.9 Å². The largest absolute Gasteiger partial charge is 0.459 e. The summed E-state index contributed by atoms with van der Waals surface area (Å²) in [6, 6.07) is 0. The van der Waals surface area contributed by atoms with Gasteiger partial charge in [-0.2, -0.15) is 0 Å². The summed E-state index contributed by atoms with van der Waals surface area (Å²) < 4.78 is 5.07. The third-order valence-electron chi connectivity index (χ3n) is 5.70. The molecule has 0 aromatic heterocycles. The topological polar surface area (TPSA) is 66.8 Å². The second-order valence-electron chi connectivity index (χ2n) is 7.21. The van der Waals surface area contributed by atoms with Crippen molar-refractivity contribution in [1.82, 2.24) is 0 Å². The first-order chi connectivity index (χ1) is 8.73. The van der Waals surface area contributed by atoms with Crippen LogP contribution >= 0.6 is 0 Å². The molecule has 19 heavy (non-hydrogen) atoms. The summed E-state index contributed by atoms with van der Waals surface area (Å²) in [4.78, 5) is 12.1. The summed E-state index contributed by atoms with van der Waals surface area (Å²) in [5.74, 6) is -0.677. The quantitative estimate of drug-likeness (QED) is 0.514. The lowest BCUT2D eigenvalue weighted by Gasteiger charge is -2.58. The highest BCUT2D eigenvalue weighted by molar-refractivity contribution is 5.88. The molecule has 0 spiro atoms. The van der Waals surface area contributed by atoms with Crippen LogP contribution in [0.5, 0.6) is 0 Å². The number of ether oxygens (including phenoxy) is 1. The monoisotopic (exact) mass is 266 g/mol. The fourth-order valence-electron chi connectivity index (χ4n) is 4.88. The highest BCUT2D eigenvalue weighted by Gasteiger charge is 2.68. The average molecular weight is 266 g/mol. The maximum absolute atomic E-state index is 12.1. The number of rotatable bonds is 0. The number of fused-ring (bicyclic) bond motifs is 3. The number of carbonyl (C=O) groups is 1. The Morgan fingerprint density at radius 2 is 2.00 bits per heavy atom. The molecule has 0 radical (unpaired) electrons. The molecule has 4 nitrogen and oxygen atoms in total. The second kappa shape index (κ2) is 3.61. The number of aliphatic hydroxyl groups excluding tert-OH is 1. The van der Waals surface area contributed by atoms with Gasteiger partial charge in [0.15, 0.2) is 5.60 Å². The molecule has 1 saturated carbocycles. The van der Waals surface area contributed by atoms with Crippen LogP contribution in [0.15, 0.2) is 11.6 Å². The molecular formula is C15H22O4. The van der Waals surface area contributed by atoms with Gasteiger partial charge in [-0.25, -0.2) is 4.79 Å². The van der Waals surface area contributed by atoms with E-state index >= 15 is 0 Å². The Morgan fingerprint density at radius 1 is 1.32 bits per heavy atom. The van der Waals surface area contributed by atoms with Gasteiger partial charge in [-0.1, -0.05) is 27.2 Å². The van der Waals surface area contributed by atoms with Crippen molar-refractivity contribution in [1.29, 1.82) is 0 Å². The van der Waals surface area contributed by atoms with Gasteiger partial charge in [-0.15, -0.1) is 0 Å². The van der Waals surface area contributed by atoms with Crippen LogP contribution in [0.1, 0.15) is 40.0 Å². The Morgan fingerprint density at radius 3 is 2.68 bits per heavy atom. The molecule has 1 heterocycles. The van der Waals surface area contributed by atoms with Crippen molar-refractivity contribution in [2.24, 2.45) is 16.7 Å². The minimum absolute atomic E-state index is 0.104. The molecular weight excluding hydrogens is 244 g/mol. The van der Waals surface area contributed by atoms with E-state index in [9.17, 15) is 15.0 Å². The lowest BCUT2D eigenvalue weighted by atomic mass is 9.46. The van der Waals surface area contributed by atoms with E-state index in [-0.39, 0.29) is 17.9 Å². The van der Waals surface area contributed by atoms with Crippen LogP contribution in [0, 0.1) is 16.7 Å². The van der Waals surface area contributed by atoms with E-state index in [0.717, 1.165) is 19.3 Å². The first-order valence-corrected chi connectivity index (χ1v) is 7.02. The molecule has 1 aliphatic heterocycles. The molecule has 0 aromatic rings. The molecule has 0 bridgehead atoms. The Bertz CT molecular complexity index is 467. The molecule has 3 aliphatic rings. The van der Waals surface area contributed by atoms with E-state index in [2.05, 4.69) is 13.8 Å². The smallest absolute Gasteiger partial charge is 0.343 e. The van der Waals surface area contributed by atoms with Crippen molar-refractivity contribution in [3.63, 3.8) is 0 Å². The zero-order valence-corrected chi connectivity index (χ0v) is 11.8. The van der Waals surface area contributed by atoms with Gasteiger partial charge >= 0.3 is 5.97 Å². The predicted octanol–water partition coefficient (Wildman–Crippen LogP) is 1.41. The van der Waals surface area contributed by atoms with Crippen molar-refractivity contribution >= 4 is 5.97 Å². The maximum Gasteiger partial charge on any atom is 0.343 e. The number of cyclic esters (lactones) is 1. The van der Waals surface area contributed by atoms with Crippen LogP contribution in [-0.2, 0) is 9.53 Å². The minimum atomic E-state index is -1.55. The summed E-state index contributed by atoms with van der Waals surface area (Å²) in [6.45, 7) is 6.26. The summed E-state index contributed by atoms with van der Waals surface area (Å²) in [6.07, 6.45) is 3.71. The molecule has 0 amide bonds. The normalized spacial score (nSPS) is 48.1. The SMILES string of the molecule is CC1(C)CCC[C@@]2(C)[C@H]1[C@H](O)C=C1COC(=O)[C@@]12O. The molecule has 4 heteroatoms. The van der Waals surface area contributed by atoms with E-state index in [0.29, 0.717) is 5.57 Å². The molecule has 0 unspecified atom stereocenters. The molecule has 1 saturated heterocycles. The van der Waals surface area contributed by atoms with E-state index in [1.807, 2.05) is 6.92 Å². The number of hydrogen-bond acceptors (Lipinski definition) is 4. The van der Waals surface area contributed by atoms with Crippen LogP contribution in [0.4, 0.5) is 0 Å². The van der Waals surface area contributed by atoms with Crippen LogP contribution < -0.4 is 0 Å². The maximum atomic E-state index is 12.1. The molecule has 0 aromatic carbocycles. The van der Waals surface area contributed by atoms with Crippen LogP contribution in [0.25, 0.3) is 0 Å².